The number of hydrogen-bond donors (Lipinski definition) is 2. The maximum Gasteiger partial charge on any atom is 0.317 e. The van der Waals surface area contributed by atoms with Crippen LogP contribution in [0.25, 0.3) is 0 Å². The smallest absolute Gasteiger partial charge is 0.317 e. The summed E-state index contributed by atoms with van der Waals surface area (Å²) in [4.78, 5) is 22.7. The molecule has 1 aromatic heterocycles. The van der Waals surface area contributed by atoms with Gasteiger partial charge in [0.2, 0.25) is 5.91 Å². The van der Waals surface area contributed by atoms with Crippen molar-refractivity contribution < 1.29 is 14.7 Å². The largest absolute Gasteiger partial charge is 0.480 e. The van der Waals surface area contributed by atoms with Crippen LogP contribution in [0.4, 0.5) is 0 Å². The van der Waals surface area contributed by atoms with E-state index < -0.39 is 11.9 Å². The molecule has 0 aromatic carbocycles. The van der Waals surface area contributed by atoms with Gasteiger partial charge in [0.05, 0.1) is 18.8 Å². The number of rotatable bonds is 6. The molecule has 7 nitrogen and oxygen atoms in total. The molecule has 1 heterocycles. The molecule has 1 rings (SSSR count). The summed E-state index contributed by atoms with van der Waals surface area (Å²) in [7, 11) is 1.76. The lowest BCUT2D eigenvalue weighted by Crippen LogP contribution is -2.37. The Labute approximate surface area is 92.4 Å². The highest BCUT2D eigenvalue weighted by Crippen LogP contribution is 2.00. The molecule has 0 saturated carbocycles. The van der Waals surface area contributed by atoms with Crippen molar-refractivity contribution in [2.24, 2.45) is 12.8 Å². The average molecular weight is 226 g/mol. The minimum atomic E-state index is -1.00. The highest BCUT2D eigenvalue weighted by Gasteiger charge is 2.13. The summed E-state index contributed by atoms with van der Waals surface area (Å²) in [6, 6.07) is 1.76. The van der Waals surface area contributed by atoms with Crippen LogP contribution in [0.5, 0.6) is 0 Å². The maximum atomic E-state index is 10.7. The molecule has 0 unspecified atom stereocenters. The van der Waals surface area contributed by atoms with Gasteiger partial charge in [0.1, 0.15) is 0 Å². The van der Waals surface area contributed by atoms with E-state index in [0.29, 0.717) is 5.69 Å². The van der Waals surface area contributed by atoms with Crippen molar-refractivity contribution in [2.75, 3.05) is 13.1 Å². The molecule has 0 aliphatic rings. The lowest BCUT2D eigenvalue weighted by atomic mass is 10.3. The predicted octanol–water partition coefficient (Wildman–Crippen LogP) is -1.21. The zero-order valence-corrected chi connectivity index (χ0v) is 8.96. The zero-order valence-electron chi connectivity index (χ0n) is 8.96. The van der Waals surface area contributed by atoms with Gasteiger partial charge in [0, 0.05) is 19.8 Å². The molecule has 1 aromatic rings. The van der Waals surface area contributed by atoms with E-state index in [1.54, 1.807) is 24.0 Å². The number of aliphatic carboxylic acids is 1. The lowest BCUT2D eigenvalue weighted by Gasteiger charge is -2.16. The minimum absolute atomic E-state index is 0.0944. The number of nitrogens with zero attached hydrogens (tertiary/aromatic N) is 3. The third kappa shape index (κ3) is 4.09. The summed E-state index contributed by atoms with van der Waals surface area (Å²) in [5, 5.41) is 12.8. The summed E-state index contributed by atoms with van der Waals surface area (Å²) in [6.07, 6.45) is 1.75. The zero-order chi connectivity index (χ0) is 12.1. The van der Waals surface area contributed by atoms with E-state index in [0.717, 1.165) is 0 Å². The summed E-state index contributed by atoms with van der Waals surface area (Å²) in [5.41, 5.74) is 5.73. The number of nitrogens with two attached hydrogens (primary N) is 1. The Morgan fingerprint density at radius 2 is 2.25 bits per heavy atom. The fourth-order valence-corrected chi connectivity index (χ4v) is 1.36. The van der Waals surface area contributed by atoms with Crippen molar-refractivity contribution in [2.45, 2.75) is 6.54 Å². The number of carbonyl (C=O) groups is 2. The normalized spacial score (nSPS) is 10.6. The van der Waals surface area contributed by atoms with Crippen molar-refractivity contribution in [1.82, 2.24) is 14.7 Å². The van der Waals surface area contributed by atoms with Gasteiger partial charge in [0.15, 0.2) is 0 Å². The number of carbonyl (C=O) groups excluding carboxylic acids is 1. The number of carboxylic acids is 1. The highest BCUT2D eigenvalue weighted by atomic mass is 16.4. The minimum Gasteiger partial charge on any atom is -0.480 e. The van der Waals surface area contributed by atoms with Crippen molar-refractivity contribution in [3.8, 4) is 0 Å². The Hall–Kier alpha value is -1.89. The van der Waals surface area contributed by atoms with E-state index in [1.165, 1.54) is 4.90 Å². The van der Waals surface area contributed by atoms with Crippen LogP contribution in [-0.2, 0) is 23.2 Å². The van der Waals surface area contributed by atoms with Crippen molar-refractivity contribution in [3.05, 3.63) is 18.0 Å². The van der Waals surface area contributed by atoms with Gasteiger partial charge in [0.25, 0.3) is 0 Å². The van der Waals surface area contributed by atoms with Gasteiger partial charge in [-0.15, -0.1) is 0 Å². The van der Waals surface area contributed by atoms with Crippen LogP contribution in [-0.4, -0.2) is 44.8 Å². The molecule has 7 heteroatoms. The highest BCUT2D eigenvalue weighted by molar-refractivity contribution is 5.77. The second kappa shape index (κ2) is 5.26. The van der Waals surface area contributed by atoms with Gasteiger partial charge in [-0.25, -0.2) is 0 Å². The van der Waals surface area contributed by atoms with E-state index in [2.05, 4.69) is 5.10 Å². The summed E-state index contributed by atoms with van der Waals surface area (Å²) < 4.78 is 1.61. The van der Waals surface area contributed by atoms with Gasteiger partial charge >= 0.3 is 5.97 Å². The Morgan fingerprint density at radius 3 is 2.69 bits per heavy atom. The molecule has 16 heavy (non-hydrogen) atoms. The molecule has 0 spiro atoms. The Kier molecular flexibility index (Phi) is 4.01. The van der Waals surface area contributed by atoms with E-state index in [1.807, 2.05) is 0 Å². The molecule has 0 saturated heterocycles. The van der Waals surface area contributed by atoms with E-state index >= 15 is 0 Å². The lowest BCUT2D eigenvalue weighted by molar-refractivity contribution is -0.138. The van der Waals surface area contributed by atoms with Crippen LogP contribution in [0.2, 0.25) is 0 Å². The second-order valence-electron chi connectivity index (χ2n) is 3.49. The monoisotopic (exact) mass is 226 g/mol. The fraction of sp³-hybridized carbons (Fsp3) is 0.444. The first-order valence-corrected chi connectivity index (χ1v) is 4.68. The van der Waals surface area contributed by atoms with E-state index in [4.69, 9.17) is 10.8 Å². The summed E-state index contributed by atoms with van der Waals surface area (Å²) in [5.74, 6) is -1.56. The maximum absolute atomic E-state index is 10.7. The standard InChI is InChI=1S/C9H14N4O3/c1-12-3-2-7(11-12)4-13(5-8(10)14)6-9(15)16/h2-3H,4-6H2,1H3,(H2,10,14)(H,15,16). The van der Waals surface area contributed by atoms with Gasteiger partial charge in [-0.3, -0.25) is 19.2 Å². The van der Waals surface area contributed by atoms with Crippen molar-refractivity contribution in [3.63, 3.8) is 0 Å². The third-order valence-electron chi connectivity index (χ3n) is 1.89. The second-order valence-corrected chi connectivity index (χ2v) is 3.49. The quantitative estimate of drug-likeness (QED) is 0.634. The van der Waals surface area contributed by atoms with Gasteiger partial charge in [-0.1, -0.05) is 0 Å². The average Bonchev–Trinajstić information content (AvgIpc) is 2.48. The molecule has 3 N–H and O–H groups in total. The molecular weight excluding hydrogens is 212 g/mol. The first-order valence-electron chi connectivity index (χ1n) is 4.68. The Balaban J connectivity index is 2.62. The molecule has 0 bridgehead atoms. The van der Waals surface area contributed by atoms with Crippen LogP contribution < -0.4 is 5.73 Å². The Morgan fingerprint density at radius 1 is 1.56 bits per heavy atom. The number of amides is 1. The van der Waals surface area contributed by atoms with Crippen LogP contribution in [0.1, 0.15) is 5.69 Å². The van der Waals surface area contributed by atoms with Crippen LogP contribution in [0.3, 0.4) is 0 Å². The summed E-state index contributed by atoms with van der Waals surface area (Å²) in [6.45, 7) is -0.0432. The molecule has 1 amide bonds. The third-order valence-corrected chi connectivity index (χ3v) is 1.89. The van der Waals surface area contributed by atoms with Crippen molar-refractivity contribution >= 4 is 11.9 Å². The van der Waals surface area contributed by atoms with Crippen LogP contribution in [0.15, 0.2) is 12.3 Å². The molecule has 88 valence electrons. The van der Waals surface area contributed by atoms with Crippen LogP contribution in [0, 0.1) is 0 Å². The number of carboxylic acid groups (broad SMARTS) is 1. The summed E-state index contributed by atoms with van der Waals surface area (Å²) >= 11 is 0. The molecule has 0 fully saturated rings. The van der Waals surface area contributed by atoms with E-state index in [9.17, 15) is 9.59 Å². The molecular formula is C9H14N4O3. The van der Waals surface area contributed by atoms with Crippen molar-refractivity contribution in [1.29, 1.82) is 0 Å². The number of aromatic nitrogens is 2. The van der Waals surface area contributed by atoms with Gasteiger partial charge in [-0.2, -0.15) is 5.10 Å². The molecule has 0 aliphatic carbocycles. The molecule has 0 radical (unpaired) electrons. The Bertz CT molecular complexity index is 372. The molecule has 0 atom stereocenters. The van der Waals surface area contributed by atoms with E-state index in [-0.39, 0.29) is 19.6 Å². The fourth-order valence-electron chi connectivity index (χ4n) is 1.36. The van der Waals surface area contributed by atoms with Gasteiger partial charge in [-0.05, 0) is 6.07 Å². The number of aryl methyl sites for hydroxylation is 1. The first kappa shape index (κ1) is 12.2. The number of hydrogen-bond acceptors (Lipinski definition) is 4. The predicted molar refractivity (Wildman–Crippen MR) is 55.3 cm³/mol. The van der Waals surface area contributed by atoms with Gasteiger partial charge < -0.3 is 10.8 Å². The SMILES string of the molecule is Cn1ccc(CN(CC(N)=O)CC(=O)O)n1. The topological polar surface area (TPSA) is 101 Å². The van der Waals surface area contributed by atoms with Crippen LogP contribution >= 0.6 is 0 Å². The first-order chi connectivity index (χ1) is 7.47. The molecule has 0 aliphatic heterocycles. The number of primary amides is 1.